The molecule has 4 nitrogen and oxygen atoms in total. The molecule has 0 saturated heterocycles. The average Bonchev–Trinajstić information content (AvgIpc) is 2.44. The third-order valence-electron chi connectivity index (χ3n) is 2.98. The maximum atomic E-state index is 12.2. The fourth-order valence-electron chi connectivity index (χ4n) is 1.99. The zero-order valence-corrected chi connectivity index (χ0v) is 12.6. The summed E-state index contributed by atoms with van der Waals surface area (Å²) in [6.07, 6.45) is 0. The van der Waals surface area contributed by atoms with Crippen LogP contribution in [0.1, 0.15) is 0 Å². The third-order valence-corrected chi connectivity index (χ3v) is 3.76. The smallest absolute Gasteiger partial charge is 0.294 e. The van der Waals surface area contributed by atoms with E-state index < -0.39 is 5.56 Å². The molecule has 7 heteroatoms. The van der Waals surface area contributed by atoms with E-state index in [1.165, 1.54) is 12.1 Å². The summed E-state index contributed by atoms with van der Waals surface area (Å²) in [7, 11) is 0. The molecule has 0 atom stereocenters. The van der Waals surface area contributed by atoms with Gasteiger partial charge in [-0.1, -0.05) is 34.8 Å². The Morgan fingerprint density at radius 2 is 1.67 bits per heavy atom. The van der Waals surface area contributed by atoms with E-state index in [0.29, 0.717) is 25.9 Å². The Bertz CT molecular complexity index is 922. The van der Waals surface area contributed by atoms with Crippen LogP contribution >= 0.6 is 34.8 Å². The summed E-state index contributed by atoms with van der Waals surface area (Å²) < 4.78 is 0.452. The van der Waals surface area contributed by atoms with Gasteiger partial charge in [0.2, 0.25) is 0 Å². The largest absolute Gasteiger partial charge is 0.423 e. The molecule has 1 heterocycles. The molecule has 0 bridgehead atoms. The van der Waals surface area contributed by atoms with Gasteiger partial charge in [-0.05, 0) is 36.4 Å². The molecule has 0 aliphatic heterocycles. The van der Waals surface area contributed by atoms with Crippen molar-refractivity contribution >= 4 is 45.7 Å². The molecule has 1 aromatic heterocycles. The van der Waals surface area contributed by atoms with Gasteiger partial charge in [0.05, 0.1) is 15.9 Å². The quantitative estimate of drug-likeness (QED) is 0.673. The molecule has 0 amide bonds. The van der Waals surface area contributed by atoms with Crippen molar-refractivity contribution in [3.05, 3.63) is 61.8 Å². The van der Waals surface area contributed by atoms with Gasteiger partial charge in [0, 0.05) is 15.6 Å². The molecule has 0 fully saturated rings. The maximum absolute atomic E-state index is 12.2. The lowest BCUT2D eigenvalue weighted by Gasteiger charge is -2.09. The van der Waals surface area contributed by atoms with Gasteiger partial charge in [-0.3, -0.25) is 4.79 Å². The Balaban J connectivity index is 2.36. The number of benzene rings is 2. The van der Waals surface area contributed by atoms with Gasteiger partial charge in [0.25, 0.3) is 5.56 Å². The molecule has 1 N–H and O–H groups in total. The number of fused-ring (bicyclic) bond motifs is 1. The van der Waals surface area contributed by atoms with Crippen molar-refractivity contribution in [3.8, 4) is 11.4 Å². The molecule has 0 aliphatic carbocycles. The standard InChI is InChI=1S/C14H7Cl3N2O2/c15-7-2-4-12-10(5-7)14(20)19(21)13(18-12)9-3-1-8(16)6-11(9)17/h1-6,21H. The van der Waals surface area contributed by atoms with Crippen LogP contribution in [-0.4, -0.2) is 14.9 Å². The van der Waals surface area contributed by atoms with Crippen LogP contribution in [0.5, 0.6) is 0 Å². The Kier molecular flexibility index (Phi) is 3.53. The lowest BCUT2D eigenvalue weighted by Crippen LogP contribution is -2.21. The van der Waals surface area contributed by atoms with E-state index in [1.807, 2.05) is 0 Å². The molecule has 106 valence electrons. The number of hydrogen-bond acceptors (Lipinski definition) is 3. The third kappa shape index (κ3) is 2.46. The number of rotatable bonds is 1. The van der Waals surface area contributed by atoms with Crippen LogP contribution in [0.4, 0.5) is 0 Å². The number of hydrogen-bond donors (Lipinski definition) is 1. The molecule has 0 spiro atoms. The first-order valence-corrected chi connectivity index (χ1v) is 6.98. The van der Waals surface area contributed by atoms with E-state index in [1.54, 1.807) is 24.3 Å². The summed E-state index contributed by atoms with van der Waals surface area (Å²) in [6, 6.07) is 9.36. The van der Waals surface area contributed by atoms with Gasteiger partial charge >= 0.3 is 0 Å². The number of halogens is 3. The van der Waals surface area contributed by atoms with Crippen LogP contribution in [0.2, 0.25) is 15.1 Å². The first kappa shape index (κ1) is 14.2. The highest BCUT2D eigenvalue weighted by Gasteiger charge is 2.15. The van der Waals surface area contributed by atoms with Crippen LogP contribution in [0.3, 0.4) is 0 Å². The molecule has 0 unspecified atom stereocenters. The van der Waals surface area contributed by atoms with Crippen molar-refractivity contribution in [1.29, 1.82) is 0 Å². The van der Waals surface area contributed by atoms with Crippen molar-refractivity contribution in [3.63, 3.8) is 0 Å². The minimum Gasteiger partial charge on any atom is -0.423 e. The molecular formula is C14H7Cl3N2O2. The SMILES string of the molecule is O=c1c2cc(Cl)ccc2nc(-c2ccc(Cl)cc2Cl)n1O. The second-order valence-corrected chi connectivity index (χ2v) is 5.62. The second-order valence-electron chi connectivity index (χ2n) is 4.34. The van der Waals surface area contributed by atoms with Crippen molar-refractivity contribution in [2.45, 2.75) is 0 Å². The van der Waals surface area contributed by atoms with Crippen LogP contribution in [-0.2, 0) is 0 Å². The zero-order valence-electron chi connectivity index (χ0n) is 10.3. The minimum absolute atomic E-state index is 0.0384. The van der Waals surface area contributed by atoms with E-state index in [4.69, 9.17) is 34.8 Å². The summed E-state index contributed by atoms with van der Waals surface area (Å²) in [5, 5.41) is 11.4. The summed E-state index contributed by atoms with van der Waals surface area (Å²) in [5.74, 6) is 0.0384. The summed E-state index contributed by atoms with van der Waals surface area (Å²) in [6.45, 7) is 0. The maximum Gasteiger partial charge on any atom is 0.294 e. The average molecular weight is 342 g/mol. The fourth-order valence-corrected chi connectivity index (χ4v) is 2.66. The van der Waals surface area contributed by atoms with Crippen molar-refractivity contribution in [2.75, 3.05) is 0 Å². The van der Waals surface area contributed by atoms with E-state index in [9.17, 15) is 10.0 Å². The van der Waals surface area contributed by atoms with Gasteiger partial charge in [-0.2, -0.15) is 0 Å². The van der Waals surface area contributed by atoms with E-state index >= 15 is 0 Å². The molecule has 2 aromatic carbocycles. The van der Waals surface area contributed by atoms with Crippen LogP contribution in [0, 0.1) is 0 Å². The molecule has 0 radical (unpaired) electrons. The predicted molar refractivity (Wildman–Crippen MR) is 83.7 cm³/mol. The van der Waals surface area contributed by atoms with E-state index in [2.05, 4.69) is 4.98 Å². The number of aromatic nitrogens is 2. The van der Waals surface area contributed by atoms with Gasteiger partial charge in [0.15, 0.2) is 5.82 Å². The van der Waals surface area contributed by atoms with E-state index in [0.717, 1.165) is 0 Å². The predicted octanol–water partition coefficient (Wildman–Crippen LogP) is 4.26. The molecule has 21 heavy (non-hydrogen) atoms. The van der Waals surface area contributed by atoms with Crippen LogP contribution in [0.15, 0.2) is 41.2 Å². The fraction of sp³-hybridized carbons (Fsp3) is 0. The van der Waals surface area contributed by atoms with Crippen molar-refractivity contribution in [1.82, 2.24) is 9.71 Å². The highest BCUT2D eigenvalue weighted by atomic mass is 35.5. The van der Waals surface area contributed by atoms with E-state index in [-0.39, 0.29) is 16.2 Å². The lowest BCUT2D eigenvalue weighted by molar-refractivity contribution is 0.178. The summed E-state index contributed by atoms with van der Waals surface area (Å²) in [4.78, 5) is 16.5. The Morgan fingerprint density at radius 1 is 1.00 bits per heavy atom. The first-order valence-electron chi connectivity index (χ1n) is 5.84. The second kappa shape index (κ2) is 5.22. The highest BCUT2D eigenvalue weighted by molar-refractivity contribution is 6.36. The normalized spacial score (nSPS) is 11.0. The number of nitrogens with zero attached hydrogens (tertiary/aromatic N) is 2. The van der Waals surface area contributed by atoms with Gasteiger partial charge in [-0.15, -0.1) is 4.73 Å². The molecule has 0 aliphatic rings. The van der Waals surface area contributed by atoms with Crippen LogP contribution in [0.25, 0.3) is 22.3 Å². The Hall–Kier alpha value is -1.75. The van der Waals surface area contributed by atoms with Crippen molar-refractivity contribution in [2.24, 2.45) is 0 Å². The Morgan fingerprint density at radius 3 is 2.38 bits per heavy atom. The Labute approximate surface area is 134 Å². The van der Waals surface area contributed by atoms with Gasteiger partial charge < -0.3 is 5.21 Å². The molecule has 3 aromatic rings. The highest BCUT2D eigenvalue weighted by Crippen LogP contribution is 2.29. The summed E-state index contributed by atoms with van der Waals surface area (Å²) in [5.41, 5.74) is 0.191. The van der Waals surface area contributed by atoms with Crippen LogP contribution < -0.4 is 5.56 Å². The van der Waals surface area contributed by atoms with Crippen molar-refractivity contribution < 1.29 is 5.21 Å². The summed E-state index contributed by atoms with van der Waals surface area (Å²) >= 11 is 17.8. The first-order chi connectivity index (χ1) is 9.97. The monoisotopic (exact) mass is 340 g/mol. The van der Waals surface area contributed by atoms with Gasteiger partial charge in [0.1, 0.15) is 0 Å². The molecular weight excluding hydrogens is 335 g/mol. The van der Waals surface area contributed by atoms with Gasteiger partial charge in [-0.25, -0.2) is 4.98 Å². The lowest BCUT2D eigenvalue weighted by atomic mass is 10.2. The topological polar surface area (TPSA) is 55.1 Å². The molecule has 3 rings (SSSR count). The minimum atomic E-state index is -0.622. The molecule has 0 saturated carbocycles. The zero-order chi connectivity index (χ0) is 15.1.